The van der Waals surface area contributed by atoms with Gasteiger partial charge in [0.15, 0.2) is 0 Å². The molecular formula is C16H24ClNO2. The Kier molecular flexibility index (Phi) is 7.45. The van der Waals surface area contributed by atoms with Crippen LogP contribution in [0.5, 0.6) is 0 Å². The van der Waals surface area contributed by atoms with Gasteiger partial charge in [0, 0.05) is 10.7 Å². The Morgan fingerprint density at radius 1 is 1.35 bits per heavy atom. The van der Waals surface area contributed by atoms with E-state index in [1.807, 2.05) is 19.9 Å². The van der Waals surface area contributed by atoms with E-state index in [2.05, 4.69) is 12.2 Å². The van der Waals surface area contributed by atoms with Crippen molar-refractivity contribution in [2.75, 3.05) is 5.32 Å². The van der Waals surface area contributed by atoms with Crippen LogP contribution in [0.4, 0.5) is 10.5 Å². The van der Waals surface area contributed by atoms with E-state index in [1.165, 1.54) is 19.3 Å². The molecule has 0 spiro atoms. The molecule has 1 aromatic carbocycles. The monoisotopic (exact) mass is 297 g/mol. The topological polar surface area (TPSA) is 38.3 Å². The first kappa shape index (κ1) is 16.8. The van der Waals surface area contributed by atoms with Crippen LogP contribution in [0, 0.1) is 6.92 Å². The van der Waals surface area contributed by atoms with Crippen LogP contribution >= 0.6 is 11.6 Å². The van der Waals surface area contributed by atoms with E-state index in [9.17, 15) is 4.79 Å². The molecule has 1 rings (SSSR count). The molecule has 0 saturated carbocycles. The summed E-state index contributed by atoms with van der Waals surface area (Å²) in [4.78, 5) is 11.7. The van der Waals surface area contributed by atoms with Gasteiger partial charge in [0.1, 0.15) is 6.10 Å². The number of halogens is 1. The molecule has 0 heterocycles. The highest BCUT2D eigenvalue weighted by Gasteiger charge is 2.09. The van der Waals surface area contributed by atoms with Gasteiger partial charge in [-0.1, -0.05) is 37.8 Å². The third-order valence-electron chi connectivity index (χ3n) is 3.18. The zero-order valence-corrected chi connectivity index (χ0v) is 13.3. The maximum atomic E-state index is 11.7. The third kappa shape index (κ3) is 6.29. The summed E-state index contributed by atoms with van der Waals surface area (Å²) in [5, 5.41) is 3.41. The lowest BCUT2D eigenvalue weighted by atomic mass is 10.1. The average molecular weight is 298 g/mol. The Bertz CT molecular complexity index is 434. The second-order valence-corrected chi connectivity index (χ2v) is 5.56. The van der Waals surface area contributed by atoms with Crippen LogP contribution in [0.3, 0.4) is 0 Å². The number of ether oxygens (including phenoxy) is 1. The summed E-state index contributed by atoms with van der Waals surface area (Å²) in [5.74, 6) is 0. The number of hydrogen-bond acceptors (Lipinski definition) is 2. The van der Waals surface area contributed by atoms with E-state index in [0.29, 0.717) is 10.7 Å². The first-order valence-electron chi connectivity index (χ1n) is 7.26. The first-order chi connectivity index (χ1) is 9.52. The first-order valence-corrected chi connectivity index (χ1v) is 7.64. The lowest BCUT2D eigenvalue weighted by Crippen LogP contribution is -2.20. The maximum absolute atomic E-state index is 11.7. The number of nitrogens with one attached hydrogen (secondary N) is 1. The molecule has 3 nitrogen and oxygen atoms in total. The summed E-state index contributed by atoms with van der Waals surface area (Å²) in [6, 6.07) is 5.36. The van der Waals surface area contributed by atoms with E-state index in [0.717, 1.165) is 18.4 Å². The Morgan fingerprint density at radius 2 is 2.10 bits per heavy atom. The Balaban J connectivity index is 2.33. The number of carbonyl (C=O) groups excluding carboxylic acids is 1. The van der Waals surface area contributed by atoms with Crippen molar-refractivity contribution < 1.29 is 9.53 Å². The van der Waals surface area contributed by atoms with Crippen molar-refractivity contribution in [1.29, 1.82) is 0 Å². The molecule has 1 unspecified atom stereocenters. The molecule has 20 heavy (non-hydrogen) atoms. The molecule has 0 aliphatic rings. The number of unbranched alkanes of at least 4 members (excludes halogenated alkanes) is 3. The second kappa shape index (κ2) is 8.85. The number of carbonyl (C=O) groups is 1. The molecule has 4 heteroatoms. The van der Waals surface area contributed by atoms with Gasteiger partial charge < -0.3 is 4.74 Å². The third-order valence-corrected chi connectivity index (χ3v) is 3.60. The van der Waals surface area contributed by atoms with E-state index in [-0.39, 0.29) is 6.10 Å². The van der Waals surface area contributed by atoms with Crippen LogP contribution in [0.15, 0.2) is 18.2 Å². The normalized spacial score (nSPS) is 12.0. The van der Waals surface area contributed by atoms with Gasteiger partial charge in [-0.3, -0.25) is 5.32 Å². The van der Waals surface area contributed by atoms with Gasteiger partial charge >= 0.3 is 6.09 Å². The minimum Gasteiger partial charge on any atom is -0.446 e. The highest BCUT2D eigenvalue weighted by molar-refractivity contribution is 6.31. The Labute approximate surface area is 126 Å². The van der Waals surface area contributed by atoms with Crippen LogP contribution in [0.1, 0.15) is 51.5 Å². The standard InChI is InChI=1S/C16H24ClNO2/c1-4-5-6-7-8-13(3)20-16(19)18-14-9-10-15(17)12(2)11-14/h9-11,13H,4-8H2,1-3H3,(H,18,19). The number of benzene rings is 1. The van der Waals surface area contributed by atoms with Crippen LogP contribution in [0.25, 0.3) is 0 Å². The molecule has 0 aromatic heterocycles. The molecule has 0 radical (unpaired) electrons. The minimum absolute atomic E-state index is 0.0553. The fourth-order valence-electron chi connectivity index (χ4n) is 1.97. The molecule has 0 fully saturated rings. The van der Waals surface area contributed by atoms with Gasteiger partial charge in [0.25, 0.3) is 0 Å². The predicted octanol–water partition coefficient (Wildman–Crippen LogP) is 5.56. The van der Waals surface area contributed by atoms with Crippen molar-refractivity contribution in [3.63, 3.8) is 0 Å². The molecule has 1 N–H and O–H groups in total. The van der Waals surface area contributed by atoms with Crippen molar-refractivity contribution in [2.24, 2.45) is 0 Å². The number of aryl methyl sites for hydroxylation is 1. The Morgan fingerprint density at radius 3 is 2.75 bits per heavy atom. The van der Waals surface area contributed by atoms with Crippen molar-refractivity contribution in [1.82, 2.24) is 0 Å². The van der Waals surface area contributed by atoms with Crippen molar-refractivity contribution in [3.05, 3.63) is 28.8 Å². The molecule has 1 aromatic rings. The zero-order chi connectivity index (χ0) is 15.0. The average Bonchev–Trinajstić information content (AvgIpc) is 2.39. The highest BCUT2D eigenvalue weighted by atomic mass is 35.5. The molecular weight excluding hydrogens is 274 g/mol. The van der Waals surface area contributed by atoms with Crippen LogP contribution in [-0.2, 0) is 4.74 Å². The van der Waals surface area contributed by atoms with Crippen molar-refractivity contribution in [3.8, 4) is 0 Å². The van der Waals surface area contributed by atoms with Crippen LogP contribution in [0.2, 0.25) is 5.02 Å². The van der Waals surface area contributed by atoms with E-state index in [1.54, 1.807) is 12.1 Å². The fourth-order valence-corrected chi connectivity index (χ4v) is 2.09. The van der Waals surface area contributed by atoms with Crippen LogP contribution < -0.4 is 5.32 Å². The second-order valence-electron chi connectivity index (χ2n) is 5.15. The number of rotatable bonds is 7. The van der Waals surface area contributed by atoms with Crippen molar-refractivity contribution in [2.45, 2.75) is 59.0 Å². The quantitative estimate of drug-likeness (QED) is 0.669. The van der Waals surface area contributed by atoms with E-state index in [4.69, 9.17) is 16.3 Å². The summed E-state index contributed by atoms with van der Waals surface area (Å²) in [5.41, 5.74) is 1.63. The lowest BCUT2D eigenvalue weighted by molar-refractivity contribution is 0.114. The van der Waals surface area contributed by atoms with Crippen LogP contribution in [-0.4, -0.2) is 12.2 Å². The molecule has 112 valence electrons. The Hall–Kier alpha value is -1.22. The van der Waals surface area contributed by atoms with Gasteiger partial charge in [-0.15, -0.1) is 0 Å². The number of anilines is 1. The van der Waals surface area contributed by atoms with E-state index >= 15 is 0 Å². The lowest BCUT2D eigenvalue weighted by Gasteiger charge is -2.14. The molecule has 1 atom stereocenters. The molecule has 0 saturated heterocycles. The van der Waals surface area contributed by atoms with Gasteiger partial charge in [-0.25, -0.2) is 4.79 Å². The van der Waals surface area contributed by atoms with Gasteiger partial charge in [-0.05, 0) is 50.5 Å². The smallest absolute Gasteiger partial charge is 0.411 e. The predicted molar refractivity (Wildman–Crippen MR) is 84.5 cm³/mol. The highest BCUT2D eigenvalue weighted by Crippen LogP contribution is 2.19. The largest absolute Gasteiger partial charge is 0.446 e. The summed E-state index contributed by atoms with van der Waals surface area (Å²) in [6.07, 6.45) is 5.20. The minimum atomic E-state index is -0.408. The summed E-state index contributed by atoms with van der Waals surface area (Å²) >= 11 is 5.94. The number of hydrogen-bond donors (Lipinski definition) is 1. The summed E-state index contributed by atoms with van der Waals surface area (Å²) < 4.78 is 5.32. The molecule has 0 aliphatic heterocycles. The SMILES string of the molecule is CCCCCCC(C)OC(=O)Nc1ccc(Cl)c(C)c1. The van der Waals surface area contributed by atoms with Crippen molar-refractivity contribution >= 4 is 23.4 Å². The van der Waals surface area contributed by atoms with Gasteiger partial charge in [-0.2, -0.15) is 0 Å². The maximum Gasteiger partial charge on any atom is 0.411 e. The van der Waals surface area contributed by atoms with Gasteiger partial charge in [0.05, 0.1) is 0 Å². The molecule has 1 amide bonds. The number of amides is 1. The summed E-state index contributed by atoms with van der Waals surface area (Å²) in [7, 11) is 0. The molecule has 0 bridgehead atoms. The van der Waals surface area contributed by atoms with E-state index < -0.39 is 6.09 Å². The van der Waals surface area contributed by atoms with Gasteiger partial charge in [0.2, 0.25) is 0 Å². The fraction of sp³-hybridized carbons (Fsp3) is 0.562. The molecule has 0 aliphatic carbocycles. The zero-order valence-electron chi connectivity index (χ0n) is 12.5. The summed E-state index contributed by atoms with van der Waals surface area (Å²) in [6.45, 7) is 6.01.